The quantitative estimate of drug-likeness (QED) is 0.0380. The third-order valence-corrected chi connectivity index (χ3v) is 10.8. The molecule has 0 saturated carbocycles. The fourth-order valence-electron chi connectivity index (χ4n) is 7.31. The Morgan fingerprint density at radius 1 is 0.469 bits per heavy atom. The predicted molar refractivity (Wildman–Crippen MR) is 210 cm³/mol. The van der Waals surface area contributed by atoms with Crippen LogP contribution < -0.4 is 0 Å². The highest BCUT2D eigenvalue weighted by Gasteiger charge is 2.52. The standard InChI is InChI=1S/C44H86O5/c1-5-9-12-15-17-19-21-23-25-27-29-31-33-35-38-41(45)42(46)44(48,43(47)49-39-36-14-11-7-3)40(8-4)37-34-32-30-28-26-24-22-20-18-16-13-10-6-2/h40-41,45,48H,5-39H2,1-4H3. The van der Waals surface area contributed by atoms with Crippen molar-refractivity contribution in [1.29, 1.82) is 0 Å². The second-order valence-corrected chi connectivity index (χ2v) is 15.4. The molecule has 0 heterocycles. The Bertz CT molecular complexity index is 724. The number of ketones is 1. The lowest BCUT2D eigenvalue weighted by atomic mass is 9.76. The highest BCUT2D eigenvalue weighted by molar-refractivity contribution is 6.09. The highest BCUT2D eigenvalue weighted by atomic mass is 16.6. The van der Waals surface area contributed by atoms with E-state index in [1.807, 2.05) is 6.92 Å². The molecular formula is C44H86O5. The number of aliphatic hydroxyl groups is 2. The van der Waals surface area contributed by atoms with Gasteiger partial charge in [-0.05, 0) is 25.7 Å². The van der Waals surface area contributed by atoms with Crippen LogP contribution in [0.1, 0.15) is 246 Å². The molecule has 0 aliphatic heterocycles. The molecule has 0 aliphatic rings. The van der Waals surface area contributed by atoms with Crippen LogP contribution >= 0.6 is 0 Å². The first-order chi connectivity index (χ1) is 23.9. The molecule has 49 heavy (non-hydrogen) atoms. The van der Waals surface area contributed by atoms with Gasteiger partial charge in [0, 0.05) is 5.92 Å². The smallest absolute Gasteiger partial charge is 0.346 e. The topological polar surface area (TPSA) is 83.8 Å². The molecule has 0 aromatic carbocycles. The van der Waals surface area contributed by atoms with Crippen molar-refractivity contribution in [2.24, 2.45) is 5.92 Å². The van der Waals surface area contributed by atoms with E-state index < -0.39 is 29.4 Å². The number of unbranched alkanes of at least 4 members (excludes halogenated alkanes) is 28. The molecule has 5 heteroatoms. The van der Waals surface area contributed by atoms with Crippen LogP contribution in [0.5, 0.6) is 0 Å². The Morgan fingerprint density at radius 3 is 1.12 bits per heavy atom. The molecule has 292 valence electrons. The van der Waals surface area contributed by atoms with Crippen LogP contribution in [-0.4, -0.2) is 40.3 Å². The monoisotopic (exact) mass is 695 g/mol. The zero-order chi connectivity index (χ0) is 36.3. The lowest BCUT2D eigenvalue weighted by Gasteiger charge is -2.34. The van der Waals surface area contributed by atoms with Gasteiger partial charge in [-0.25, -0.2) is 4.79 Å². The molecule has 3 unspecified atom stereocenters. The molecule has 0 spiro atoms. The molecule has 0 bridgehead atoms. The Kier molecular flexibility index (Phi) is 34.8. The zero-order valence-electron chi connectivity index (χ0n) is 33.5. The number of ether oxygens (including phenoxy) is 1. The average Bonchev–Trinajstić information content (AvgIpc) is 3.11. The first kappa shape index (κ1) is 48.1. The third-order valence-electron chi connectivity index (χ3n) is 10.8. The molecule has 5 nitrogen and oxygen atoms in total. The van der Waals surface area contributed by atoms with E-state index in [9.17, 15) is 19.8 Å². The van der Waals surface area contributed by atoms with Crippen molar-refractivity contribution in [3.8, 4) is 0 Å². The Balaban J connectivity index is 4.63. The summed E-state index contributed by atoms with van der Waals surface area (Å²) >= 11 is 0. The minimum Gasteiger partial charge on any atom is -0.463 e. The van der Waals surface area contributed by atoms with Crippen molar-refractivity contribution in [3.63, 3.8) is 0 Å². The van der Waals surface area contributed by atoms with E-state index >= 15 is 0 Å². The van der Waals surface area contributed by atoms with Gasteiger partial charge in [-0.2, -0.15) is 0 Å². The molecule has 3 atom stereocenters. The van der Waals surface area contributed by atoms with E-state index in [2.05, 4.69) is 20.8 Å². The lowest BCUT2D eigenvalue weighted by Crippen LogP contribution is -2.57. The summed E-state index contributed by atoms with van der Waals surface area (Å²) in [6, 6.07) is 0. The van der Waals surface area contributed by atoms with Gasteiger partial charge in [0.1, 0.15) is 6.10 Å². The van der Waals surface area contributed by atoms with Gasteiger partial charge < -0.3 is 14.9 Å². The number of aliphatic hydroxyl groups excluding tert-OH is 1. The van der Waals surface area contributed by atoms with Gasteiger partial charge in [0.2, 0.25) is 11.4 Å². The molecule has 0 saturated heterocycles. The largest absolute Gasteiger partial charge is 0.463 e. The summed E-state index contributed by atoms with van der Waals surface area (Å²) in [7, 11) is 0. The van der Waals surface area contributed by atoms with Crippen molar-refractivity contribution in [1.82, 2.24) is 0 Å². The summed E-state index contributed by atoms with van der Waals surface area (Å²) in [5, 5.41) is 22.7. The van der Waals surface area contributed by atoms with Gasteiger partial charge in [0.05, 0.1) is 6.61 Å². The number of carbonyl (C=O) groups is 2. The molecule has 2 N–H and O–H groups in total. The lowest BCUT2D eigenvalue weighted by molar-refractivity contribution is -0.181. The van der Waals surface area contributed by atoms with Gasteiger partial charge >= 0.3 is 5.97 Å². The number of hydrogen-bond acceptors (Lipinski definition) is 5. The van der Waals surface area contributed by atoms with Gasteiger partial charge in [-0.3, -0.25) is 4.79 Å². The summed E-state index contributed by atoms with van der Waals surface area (Å²) in [6.45, 7) is 8.80. The molecule has 0 rings (SSSR count). The average molecular weight is 695 g/mol. The first-order valence-electron chi connectivity index (χ1n) is 22.0. The molecule has 0 aromatic rings. The fourth-order valence-corrected chi connectivity index (χ4v) is 7.31. The van der Waals surface area contributed by atoms with Crippen LogP contribution in [0.15, 0.2) is 0 Å². The Morgan fingerprint density at radius 2 is 0.776 bits per heavy atom. The van der Waals surface area contributed by atoms with E-state index in [1.165, 1.54) is 135 Å². The van der Waals surface area contributed by atoms with Crippen LogP contribution in [0.25, 0.3) is 0 Å². The summed E-state index contributed by atoms with van der Waals surface area (Å²) in [4.78, 5) is 27.0. The van der Waals surface area contributed by atoms with E-state index in [0.717, 1.165) is 64.2 Å². The van der Waals surface area contributed by atoms with Crippen molar-refractivity contribution in [2.75, 3.05) is 6.61 Å². The molecule has 0 fully saturated rings. The molecule has 0 aromatic heterocycles. The molecule has 0 radical (unpaired) electrons. The molecule has 0 amide bonds. The van der Waals surface area contributed by atoms with Gasteiger partial charge in [-0.1, -0.05) is 220 Å². The van der Waals surface area contributed by atoms with E-state index in [4.69, 9.17) is 4.74 Å². The van der Waals surface area contributed by atoms with Crippen molar-refractivity contribution < 1.29 is 24.5 Å². The number of hydrogen-bond donors (Lipinski definition) is 2. The number of carbonyl (C=O) groups excluding carboxylic acids is 2. The normalized spacial score (nSPS) is 14.1. The van der Waals surface area contributed by atoms with Gasteiger partial charge in [0.15, 0.2) is 0 Å². The maximum Gasteiger partial charge on any atom is 0.346 e. The number of esters is 1. The van der Waals surface area contributed by atoms with Crippen molar-refractivity contribution in [3.05, 3.63) is 0 Å². The Labute approximate surface area is 305 Å². The minimum atomic E-state index is -2.27. The van der Waals surface area contributed by atoms with Crippen LogP contribution in [-0.2, 0) is 14.3 Å². The second kappa shape index (κ2) is 35.5. The Hall–Kier alpha value is -0.940. The predicted octanol–water partition coefficient (Wildman–Crippen LogP) is 13.1. The summed E-state index contributed by atoms with van der Waals surface area (Å²) in [6.07, 6.45) is 37.6. The fraction of sp³-hybridized carbons (Fsp3) is 0.955. The van der Waals surface area contributed by atoms with E-state index in [0.29, 0.717) is 12.8 Å². The zero-order valence-corrected chi connectivity index (χ0v) is 33.5. The van der Waals surface area contributed by atoms with E-state index in [1.54, 1.807) is 0 Å². The van der Waals surface area contributed by atoms with Crippen molar-refractivity contribution >= 4 is 11.8 Å². The second-order valence-electron chi connectivity index (χ2n) is 15.4. The van der Waals surface area contributed by atoms with Gasteiger partial charge in [0.25, 0.3) is 0 Å². The van der Waals surface area contributed by atoms with Gasteiger partial charge in [-0.15, -0.1) is 0 Å². The first-order valence-corrected chi connectivity index (χ1v) is 22.0. The maximum absolute atomic E-state index is 13.6. The SMILES string of the molecule is CCCCCCCCCCCCCCCCC(O)C(=O)C(O)(C(=O)OCCCCCC)C(CC)CCCCCCCCCCCCCCC. The van der Waals surface area contributed by atoms with Crippen molar-refractivity contribution in [2.45, 2.75) is 258 Å². The maximum atomic E-state index is 13.6. The number of Topliss-reactive ketones (excluding diaryl/α,β-unsaturated/α-hetero) is 1. The van der Waals surface area contributed by atoms with Crippen LogP contribution in [0.3, 0.4) is 0 Å². The third kappa shape index (κ3) is 25.6. The highest BCUT2D eigenvalue weighted by Crippen LogP contribution is 2.31. The minimum absolute atomic E-state index is 0.207. The summed E-state index contributed by atoms with van der Waals surface area (Å²) in [5.74, 6) is -2.14. The van der Waals surface area contributed by atoms with E-state index in [-0.39, 0.29) is 13.0 Å². The molecular weight excluding hydrogens is 608 g/mol. The van der Waals surface area contributed by atoms with Crippen LogP contribution in [0, 0.1) is 5.92 Å². The van der Waals surface area contributed by atoms with Crippen LogP contribution in [0.2, 0.25) is 0 Å². The number of rotatable bonds is 39. The molecule has 0 aliphatic carbocycles. The summed E-state index contributed by atoms with van der Waals surface area (Å²) in [5.41, 5.74) is -2.27. The van der Waals surface area contributed by atoms with Crippen LogP contribution in [0.4, 0.5) is 0 Å². The summed E-state index contributed by atoms with van der Waals surface area (Å²) < 4.78 is 5.53.